The number of hydrogen-bond acceptors (Lipinski definition) is 6. The Kier molecular flexibility index (Phi) is 3.86. The van der Waals surface area contributed by atoms with Gasteiger partial charge in [-0.15, -0.1) is 5.10 Å². The molecule has 1 aliphatic heterocycles. The molecule has 1 N–H and O–H groups in total. The van der Waals surface area contributed by atoms with Gasteiger partial charge >= 0.3 is 0 Å². The molecular weight excluding hydrogens is 282 g/mol. The van der Waals surface area contributed by atoms with E-state index in [1.165, 1.54) is 17.7 Å². The topological polar surface area (TPSA) is 74.0 Å². The zero-order valence-corrected chi connectivity index (χ0v) is 11.8. The van der Waals surface area contributed by atoms with Crippen LogP contribution in [-0.4, -0.2) is 27.9 Å². The predicted octanol–water partition coefficient (Wildman–Crippen LogP) is 2.64. The van der Waals surface area contributed by atoms with Gasteiger partial charge in [-0.3, -0.25) is 15.5 Å². The van der Waals surface area contributed by atoms with Crippen molar-refractivity contribution < 1.29 is 4.92 Å². The molecule has 3 rings (SSSR count). The Morgan fingerprint density at radius 3 is 2.55 bits per heavy atom. The third kappa shape index (κ3) is 3.32. The standard InChI is InChI=1S/C15H15N5O2/c21-20(22)15-8-6-14(7-9-15)17-19-12-18(11-16-19)10-13-4-2-1-3-5-13/h1-9,11,17H,10,12H2. The molecule has 2 aromatic carbocycles. The van der Waals surface area contributed by atoms with Crippen LogP contribution in [0, 0.1) is 10.1 Å². The minimum absolute atomic E-state index is 0.0705. The highest BCUT2D eigenvalue weighted by Gasteiger charge is 2.14. The average Bonchev–Trinajstić information content (AvgIpc) is 2.96. The van der Waals surface area contributed by atoms with E-state index in [1.54, 1.807) is 23.6 Å². The quantitative estimate of drug-likeness (QED) is 0.678. The number of rotatable bonds is 5. The summed E-state index contributed by atoms with van der Waals surface area (Å²) in [6.07, 6.45) is 1.77. The molecule has 0 radical (unpaired) electrons. The smallest absolute Gasteiger partial charge is 0.269 e. The second kappa shape index (κ2) is 6.13. The maximum Gasteiger partial charge on any atom is 0.269 e. The van der Waals surface area contributed by atoms with E-state index in [0.717, 1.165) is 12.2 Å². The molecule has 22 heavy (non-hydrogen) atoms. The van der Waals surface area contributed by atoms with Gasteiger partial charge < -0.3 is 4.90 Å². The van der Waals surface area contributed by atoms with Crippen LogP contribution in [0.15, 0.2) is 59.7 Å². The van der Waals surface area contributed by atoms with Gasteiger partial charge in [0.2, 0.25) is 0 Å². The zero-order valence-electron chi connectivity index (χ0n) is 11.8. The first-order valence-electron chi connectivity index (χ1n) is 6.81. The van der Waals surface area contributed by atoms with Crippen LogP contribution in [0.25, 0.3) is 0 Å². The molecule has 0 saturated heterocycles. The lowest BCUT2D eigenvalue weighted by molar-refractivity contribution is -0.384. The monoisotopic (exact) mass is 297 g/mol. The highest BCUT2D eigenvalue weighted by Crippen LogP contribution is 2.17. The summed E-state index contributed by atoms with van der Waals surface area (Å²) in [6, 6.07) is 16.4. The lowest BCUT2D eigenvalue weighted by Crippen LogP contribution is -2.30. The van der Waals surface area contributed by atoms with Crippen LogP contribution >= 0.6 is 0 Å². The molecule has 0 fully saturated rings. The van der Waals surface area contributed by atoms with Crippen molar-refractivity contribution in [2.75, 3.05) is 12.1 Å². The van der Waals surface area contributed by atoms with E-state index < -0.39 is 4.92 Å². The van der Waals surface area contributed by atoms with Gasteiger partial charge in [-0.1, -0.05) is 30.3 Å². The first-order chi connectivity index (χ1) is 10.7. The van der Waals surface area contributed by atoms with E-state index >= 15 is 0 Å². The highest BCUT2D eigenvalue weighted by molar-refractivity contribution is 5.57. The van der Waals surface area contributed by atoms with E-state index in [1.807, 2.05) is 18.2 Å². The van der Waals surface area contributed by atoms with Crippen molar-refractivity contribution in [2.45, 2.75) is 6.54 Å². The predicted molar refractivity (Wildman–Crippen MR) is 83.9 cm³/mol. The van der Waals surface area contributed by atoms with Crippen LogP contribution in [-0.2, 0) is 6.54 Å². The Bertz CT molecular complexity index is 672. The first kappa shape index (κ1) is 13.9. The molecule has 0 unspecified atom stereocenters. The fourth-order valence-electron chi connectivity index (χ4n) is 2.16. The Hall–Kier alpha value is -3.09. The molecule has 1 aliphatic rings. The molecule has 7 nitrogen and oxygen atoms in total. The van der Waals surface area contributed by atoms with Crippen molar-refractivity contribution in [1.82, 2.24) is 10.0 Å². The highest BCUT2D eigenvalue weighted by atomic mass is 16.6. The van der Waals surface area contributed by atoms with Crippen molar-refractivity contribution in [2.24, 2.45) is 5.10 Å². The van der Waals surface area contributed by atoms with E-state index in [4.69, 9.17) is 0 Å². The molecule has 0 aromatic heterocycles. The first-order valence-corrected chi connectivity index (χ1v) is 6.81. The second-order valence-electron chi connectivity index (χ2n) is 4.92. The van der Waals surface area contributed by atoms with Gasteiger partial charge in [0, 0.05) is 18.7 Å². The summed E-state index contributed by atoms with van der Waals surface area (Å²) >= 11 is 0. The summed E-state index contributed by atoms with van der Waals surface area (Å²) in [4.78, 5) is 12.3. The maximum absolute atomic E-state index is 10.6. The van der Waals surface area contributed by atoms with Crippen molar-refractivity contribution >= 4 is 17.7 Å². The number of nitro groups is 1. The molecule has 0 spiro atoms. The van der Waals surface area contributed by atoms with Gasteiger partial charge in [0.15, 0.2) is 0 Å². The van der Waals surface area contributed by atoms with Crippen LogP contribution in [0.1, 0.15) is 5.56 Å². The summed E-state index contributed by atoms with van der Waals surface area (Å²) < 4.78 is 0. The number of nitrogens with one attached hydrogen (secondary N) is 1. The van der Waals surface area contributed by atoms with E-state index in [-0.39, 0.29) is 5.69 Å². The van der Waals surface area contributed by atoms with E-state index in [0.29, 0.717) is 6.67 Å². The Morgan fingerprint density at radius 2 is 1.86 bits per heavy atom. The summed E-state index contributed by atoms with van der Waals surface area (Å²) in [5, 5.41) is 16.6. The number of hydrazine groups is 1. The number of hydrazone groups is 1. The summed E-state index contributed by atoms with van der Waals surface area (Å²) in [5.41, 5.74) is 5.13. The molecule has 2 aromatic rings. The summed E-state index contributed by atoms with van der Waals surface area (Å²) in [6.45, 7) is 1.38. The molecule has 0 atom stereocenters. The molecule has 1 heterocycles. The van der Waals surface area contributed by atoms with Gasteiger partial charge in [-0.2, -0.15) is 5.12 Å². The SMILES string of the molecule is O=[N+]([O-])c1ccc(NN2CN(Cc3ccccc3)C=N2)cc1. The Morgan fingerprint density at radius 1 is 1.14 bits per heavy atom. The van der Waals surface area contributed by atoms with Crippen molar-refractivity contribution in [1.29, 1.82) is 0 Å². The number of anilines is 1. The number of nitrogens with zero attached hydrogens (tertiary/aromatic N) is 4. The van der Waals surface area contributed by atoms with Gasteiger partial charge in [-0.05, 0) is 17.7 Å². The molecule has 0 bridgehead atoms. The average molecular weight is 297 g/mol. The summed E-state index contributed by atoms with van der Waals surface area (Å²) in [7, 11) is 0. The van der Waals surface area contributed by atoms with E-state index in [9.17, 15) is 10.1 Å². The number of hydrogen-bond donors (Lipinski definition) is 1. The fraction of sp³-hybridized carbons (Fsp3) is 0.133. The molecule has 7 heteroatoms. The minimum atomic E-state index is -0.417. The van der Waals surface area contributed by atoms with Crippen LogP contribution in [0.4, 0.5) is 11.4 Å². The molecule has 0 amide bonds. The molecular formula is C15H15N5O2. The van der Waals surface area contributed by atoms with Crippen molar-refractivity contribution in [3.8, 4) is 0 Å². The minimum Gasteiger partial charge on any atom is -0.336 e. The fourth-order valence-corrected chi connectivity index (χ4v) is 2.16. The zero-order chi connectivity index (χ0) is 15.4. The largest absolute Gasteiger partial charge is 0.336 e. The normalized spacial score (nSPS) is 13.5. The maximum atomic E-state index is 10.6. The van der Waals surface area contributed by atoms with Gasteiger partial charge in [0.1, 0.15) is 13.0 Å². The van der Waals surface area contributed by atoms with Crippen molar-refractivity contribution in [3.63, 3.8) is 0 Å². The molecule has 112 valence electrons. The third-order valence-corrected chi connectivity index (χ3v) is 3.23. The number of benzene rings is 2. The number of non-ortho nitro benzene ring substituents is 1. The van der Waals surface area contributed by atoms with Gasteiger partial charge in [0.25, 0.3) is 5.69 Å². The van der Waals surface area contributed by atoms with Gasteiger partial charge in [0.05, 0.1) is 10.6 Å². The lowest BCUT2D eigenvalue weighted by atomic mass is 10.2. The van der Waals surface area contributed by atoms with Crippen LogP contribution in [0.5, 0.6) is 0 Å². The van der Waals surface area contributed by atoms with Crippen LogP contribution in [0.3, 0.4) is 0 Å². The third-order valence-electron chi connectivity index (χ3n) is 3.23. The van der Waals surface area contributed by atoms with Gasteiger partial charge in [-0.25, -0.2) is 0 Å². The van der Waals surface area contributed by atoms with E-state index in [2.05, 4.69) is 27.6 Å². The Labute approximate surface area is 127 Å². The Balaban J connectivity index is 1.55. The van der Waals surface area contributed by atoms with Crippen LogP contribution in [0.2, 0.25) is 0 Å². The number of nitro benzene ring substituents is 1. The second-order valence-corrected chi connectivity index (χ2v) is 4.92. The van der Waals surface area contributed by atoms with Crippen LogP contribution < -0.4 is 5.43 Å². The van der Waals surface area contributed by atoms with Crippen molar-refractivity contribution in [3.05, 3.63) is 70.3 Å². The summed E-state index contributed by atoms with van der Waals surface area (Å²) in [5.74, 6) is 0. The molecule has 0 aliphatic carbocycles. The molecule has 0 saturated carbocycles. The lowest BCUT2D eigenvalue weighted by Gasteiger charge is -2.20.